The maximum atomic E-state index is 5.71. The largest absolute Gasteiger partial charge is 0.383 e. The smallest absolute Gasteiger partial charge is 0.145 e. The van der Waals surface area contributed by atoms with E-state index in [0.29, 0.717) is 5.82 Å². The second-order valence-electron chi connectivity index (χ2n) is 2.88. The summed E-state index contributed by atoms with van der Waals surface area (Å²) in [5.41, 5.74) is 7.71. The number of nitrogens with zero attached hydrogens (tertiary/aromatic N) is 3. The summed E-state index contributed by atoms with van der Waals surface area (Å²) in [6.45, 7) is 6.00. The first-order valence-corrected chi connectivity index (χ1v) is 4.72. The first kappa shape index (κ1) is 10.5. The van der Waals surface area contributed by atoms with E-state index in [4.69, 9.17) is 5.73 Å². The first-order chi connectivity index (χ1) is 6.70. The lowest BCUT2D eigenvalue weighted by Gasteiger charge is -1.95. The van der Waals surface area contributed by atoms with Crippen LogP contribution in [0.5, 0.6) is 0 Å². The highest BCUT2D eigenvalue weighted by Crippen LogP contribution is 2.21. The number of fused-ring (bicyclic) bond motifs is 1. The van der Waals surface area contributed by atoms with E-state index in [2.05, 4.69) is 9.97 Å². The van der Waals surface area contributed by atoms with Crippen LogP contribution in [-0.4, -0.2) is 14.5 Å². The second kappa shape index (κ2) is 4.09. The Balaban J connectivity index is 0.000000461. The fourth-order valence-electron chi connectivity index (χ4n) is 1.45. The van der Waals surface area contributed by atoms with Crippen molar-refractivity contribution in [2.24, 2.45) is 7.05 Å². The topological polar surface area (TPSA) is 56.7 Å². The van der Waals surface area contributed by atoms with Gasteiger partial charge >= 0.3 is 0 Å². The zero-order chi connectivity index (χ0) is 10.7. The first-order valence-electron chi connectivity index (χ1n) is 4.72. The fraction of sp³-hybridized carbons (Fsp3) is 0.400. The third kappa shape index (κ3) is 1.55. The number of aromatic nitrogens is 3. The molecule has 4 heteroatoms. The Bertz CT molecular complexity index is 431. The molecular formula is C10H16N4. The van der Waals surface area contributed by atoms with Gasteiger partial charge in [-0.2, -0.15) is 0 Å². The molecular weight excluding hydrogens is 176 g/mol. The number of hydrogen-bond acceptors (Lipinski definition) is 3. The lowest BCUT2D eigenvalue weighted by Crippen LogP contribution is -1.94. The Kier molecular flexibility index (Phi) is 3.06. The van der Waals surface area contributed by atoms with Crippen molar-refractivity contribution in [2.75, 3.05) is 5.73 Å². The molecule has 0 aliphatic carbocycles. The molecule has 2 aromatic heterocycles. The van der Waals surface area contributed by atoms with Gasteiger partial charge in [-0.05, 0) is 12.5 Å². The van der Waals surface area contributed by atoms with Crippen LogP contribution < -0.4 is 5.73 Å². The molecule has 0 aromatic carbocycles. The summed E-state index contributed by atoms with van der Waals surface area (Å²) in [6.07, 6.45) is 3.48. The molecule has 0 aliphatic heterocycles. The number of rotatable bonds is 0. The van der Waals surface area contributed by atoms with Crippen LogP contribution in [0.3, 0.4) is 0 Å². The lowest BCUT2D eigenvalue weighted by molar-refractivity contribution is 0.940. The molecule has 2 aromatic rings. The highest BCUT2D eigenvalue weighted by atomic mass is 15.0. The summed E-state index contributed by atoms with van der Waals surface area (Å²) in [5.74, 6) is 0.554. The SMILES string of the molecule is CC.Cc1cn(C)c2ncnc(N)c12. The van der Waals surface area contributed by atoms with Crippen molar-refractivity contribution < 1.29 is 0 Å². The Labute approximate surface area is 83.8 Å². The molecule has 2 rings (SSSR count). The van der Waals surface area contributed by atoms with Gasteiger partial charge in [0.1, 0.15) is 17.8 Å². The summed E-state index contributed by atoms with van der Waals surface area (Å²) in [5, 5.41) is 0.958. The van der Waals surface area contributed by atoms with Crippen LogP contribution in [0.4, 0.5) is 5.82 Å². The number of hydrogen-bond donors (Lipinski definition) is 1. The second-order valence-corrected chi connectivity index (χ2v) is 2.88. The average molecular weight is 192 g/mol. The zero-order valence-corrected chi connectivity index (χ0v) is 9.07. The van der Waals surface area contributed by atoms with Gasteiger partial charge in [-0.15, -0.1) is 0 Å². The molecule has 0 aliphatic rings. The van der Waals surface area contributed by atoms with Crippen LogP contribution in [0, 0.1) is 6.92 Å². The summed E-state index contributed by atoms with van der Waals surface area (Å²) in [4.78, 5) is 8.07. The molecule has 0 spiro atoms. The molecule has 0 saturated heterocycles. The Morgan fingerprint density at radius 3 is 2.50 bits per heavy atom. The van der Waals surface area contributed by atoms with E-state index in [9.17, 15) is 0 Å². The Morgan fingerprint density at radius 2 is 1.93 bits per heavy atom. The molecule has 0 unspecified atom stereocenters. The number of nitrogen functional groups attached to an aromatic ring is 1. The predicted octanol–water partition coefficient (Wildman–Crippen LogP) is 1.89. The van der Waals surface area contributed by atoms with Crippen molar-refractivity contribution >= 4 is 16.9 Å². The summed E-state index contributed by atoms with van der Waals surface area (Å²) in [7, 11) is 1.95. The van der Waals surface area contributed by atoms with Crippen LogP contribution in [0.15, 0.2) is 12.5 Å². The molecule has 0 atom stereocenters. The standard InChI is InChI=1S/C8H10N4.C2H6/c1-5-3-12(2)8-6(5)7(9)10-4-11-8;1-2/h3-4H,1-2H3,(H2,9,10,11);1-2H3. The number of anilines is 1. The molecule has 76 valence electrons. The van der Waals surface area contributed by atoms with Crippen molar-refractivity contribution in [3.8, 4) is 0 Å². The molecule has 0 amide bonds. The van der Waals surface area contributed by atoms with Crippen molar-refractivity contribution in [2.45, 2.75) is 20.8 Å². The quantitative estimate of drug-likeness (QED) is 0.693. The average Bonchev–Trinajstić information content (AvgIpc) is 2.47. The molecule has 0 saturated carbocycles. The van der Waals surface area contributed by atoms with Crippen LogP contribution in [-0.2, 0) is 7.05 Å². The van der Waals surface area contributed by atoms with Crippen LogP contribution in [0.1, 0.15) is 19.4 Å². The predicted molar refractivity (Wildman–Crippen MR) is 59.0 cm³/mol. The van der Waals surface area contributed by atoms with Gasteiger partial charge in [0.05, 0.1) is 5.39 Å². The van der Waals surface area contributed by atoms with Crippen LogP contribution in [0.2, 0.25) is 0 Å². The third-order valence-corrected chi connectivity index (χ3v) is 1.97. The summed E-state index contributed by atoms with van der Waals surface area (Å²) >= 11 is 0. The molecule has 0 radical (unpaired) electrons. The maximum absolute atomic E-state index is 5.71. The monoisotopic (exact) mass is 192 g/mol. The normalized spacial score (nSPS) is 9.71. The fourth-order valence-corrected chi connectivity index (χ4v) is 1.45. The van der Waals surface area contributed by atoms with Gasteiger partial charge in [-0.3, -0.25) is 0 Å². The number of nitrogens with two attached hydrogens (primary N) is 1. The third-order valence-electron chi connectivity index (χ3n) is 1.97. The number of aryl methyl sites for hydroxylation is 2. The van der Waals surface area contributed by atoms with E-state index >= 15 is 0 Å². The van der Waals surface area contributed by atoms with Gasteiger partial charge < -0.3 is 10.3 Å². The van der Waals surface area contributed by atoms with Crippen molar-refractivity contribution in [3.05, 3.63) is 18.1 Å². The van der Waals surface area contributed by atoms with E-state index in [0.717, 1.165) is 16.6 Å². The van der Waals surface area contributed by atoms with Gasteiger partial charge in [0, 0.05) is 13.2 Å². The molecule has 2 N–H and O–H groups in total. The van der Waals surface area contributed by atoms with Crippen molar-refractivity contribution in [1.82, 2.24) is 14.5 Å². The van der Waals surface area contributed by atoms with Crippen LogP contribution >= 0.6 is 0 Å². The minimum Gasteiger partial charge on any atom is -0.383 e. The minimum absolute atomic E-state index is 0.554. The van der Waals surface area contributed by atoms with E-state index < -0.39 is 0 Å². The molecule has 2 heterocycles. The van der Waals surface area contributed by atoms with E-state index in [1.54, 1.807) is 0 Å². The van der Waals surface area contributed by atoms with E-state index in [-0.39, 0.29) is 0 Å². The lowest BCUT2D eigenvalue weighted by atomic mass is 10.2. The van der Waals surface area contributed by atoms with Gasteiger partial charge in [-0.25, -0.2) is 9.97 Å². The minimum atomic E-state index is 0.554. The van der Waals surface area contributed by atoms with E-state index in [1.165, 1.54) is 6.33 Å². The molecule has 14 heavy (non-hydrogen) atoms. The maximum Gasteiger partial charge on any atom is 0.145 e. The summed E-state index contributed by atoms with van der Waals surface area (Å²) in [6, 6.07) is 0. The summed E-state index contributed by atoms with van der Waals surface area (Å²) < 4.78 is 1.95. The zero-order valence-electron chi connectivity index (χ0n) is 9.07. The highest BCUT2D eigenvalue weighted by molar-refractivity contribution is 5.89. The Morgan fingerprint density at radius 1 is 1.29 bits per heavy atom. The molecule has 0 fully saturated rings. The van der Waals surface area contributed by atoms with Gasteiger partial charge in [0.15, 0.2) is 0 Å². The Hall–Kier alpha value is -1.58. The molecule has 0 bridgehead atoms. The van der Waals surface area contributed by atoms with E-state index in [1.807, 2.05) is 38.6 Å². The van der Waals surface area contributed by atoms with Gasteiger partial charge in [-0.1, -0.05) is 13.8 Å². The van der Waals surface area contributed by atoms with Crippen molar-refractivity contribution in [3.63, 3.8) is 0 Å². The highest BCUT2D eigenvalue weighted by Gasteiger charge is 2.06. The van der Waals surface area contributed by atoms with Gasteiger partial charge in [0.25, 0.3) is 0 Å². The van der Waals surface area contributed by atoms with Crippen molar-refractivity contribution in [1.29, 1.82) is 0 Å². The van der Waals surface area contributed by atoms with Gasteiger partial charge in [0.2, 0.25) is 0 Å². The molecule has 4 nitrogen and oxygen atoms in total. The van der Waals surface area contributed by atoms with Crippen LogP contribution in [0.25, 0.3) is 11.0 Å².